The van der Waals surface area contributed by atoms with E-state index < -0.39 is 0 Å². The lowest BCUT2D eigenvalue weighted by molar-refractivity contribution is 0.306. The molecule has 9 nitrogen and oxygen atoms in total. The minimum Gasteiger partial charge on any atom is -0.395 e. The van der Waals surface area contributed by atoms with Crippen LogP contribution in [0.5, 0.6) is 0 Å². The van der Waals surface area contributed by atoms with Crippen LogP contribution >= 0.6 is 0 Å². The molecule has 5 N–H and O–H groups in total. The van der Waals surface area contributed by atoms with Crippen LogP contribution < -0.4 is 16.1 Å². The van der Waals surface area contributed by atoms with Gasteiger partial charge in [-0.2, -0.15) is 0 Å². The molecule has 0 radical (unpaired) electrons. The van der Waals surface area contributed by atoms with Crippen molar-refractivity contribution in [2.24, 2.45) is 0 Å². The van der Waals surface area contributed by atoms with Gasteiger partial charge in [0.2, 0.25) is 5.95 Å². The monoisotopic (exact) mass is 343 g/mol. The molecule has 0 spiro atoms. The Morgan fingerprint density at radius 1 is 0.960 bits per heavy atom. The van der Waals surface area contributed by atoms with Gasteiger partial charge in [-0.25, -0.2) is 19.6 Å². The van der Waals surface area contributed by atoms with Gasteiger partial charge >= 0.3 is 0 Å². The van der Waals surface area contributed by atoms with E-state index in [2.05, 4.69) is 31.0 Å². The zero-order chi connectivity index (χ0) is 17.5. The molecular formula is C16H21N7O2. The van der Waals surface area contributed by atoms with E-state index in [1.54, 1.807) is 4.68 Å². The van der Waals surface area contributed by atoms with E-state index in [4.69, 9.17) is 10.2 Å². The molecule has 0 aliphatic carbocycles. The molecule has 0 atom stereocenters. The maximum atomic E-state index is 9.07. The molecule has 9 heteroatoms. The fourth-order valence-corrected chi connectivity index (χ4v) is 2.40. The van der Waals surface area contributed by atoms with E-state index in [0.29, 0.717) is 42.6 Å². The predicted molar refractivity (Wildman–Crippen MR) is 96.0 cm³/mol. The van der Waals surface area contributed by atoms with E-state index in [0.717, 1.165) is 5.56 Å². The van der Waals surface area contributed by atoms with Crippen molar-refractivity contribution in [3.63, 3.8) is 0 Å². The molecule has 0 aliphatic rings. The zero-order valence-corrected chi connectivity index (χ0v) is 13.7. The highest BCUT2D eigenvalue weighted by Gasteiger charge is 2.15. The van der Waals surface area contributed by atoms with E-state index in [1.807, 2.05) is 30.3 Å². The van der Waals surface area contributed by atoms with Crippen LogP contribution in [0, 0.1) is 0 Å². The molecule has 0 amide bonds. The molecule has 25 heavy (non-hydrogen) atoms. The molecule has 0 fully saturated rings. The van der Waals surface area contributed by atoms with Crippen molar-refractivity contribution in [2.45, 2.75) is 6.54 Å². The number of aliphatic hydroxyl groups is 2. The SMILES string of the molecule is OCCNc1nc2c(NCc3ccccc3)ncnc2n1NCCO. The Morgan fingerprint density at radius 2 is 1.76 bits per heavy atom. The third kappa shape index (κ3) is 3.95. The molecule has 0 saturated heterocycles. The van der Waals surface area contributed by atoms with Gasteiger partial charge in [0.15, 0.2) is 17.0 Å². The topological polar surface area (TPSA) is 120 Å². The van der Waals surface area contributed by atoms with Crippen LogP contribution in [-0.4, -0.2) is 56.1 Å². The lowest BCUT2D eigenvalue weighted by Crippen LogP contribution is -2.22. The van der Waals surface area contributed by atoms with Crippen LogP contribution in [0.4, 0.5) is 11.8 Å². The highest BCUT2D eigenvalue weighted by atomic mass is 16.3. The van der Waals surface area contributed by atoms with E-state index in [9.17, 15) is 0 Å². The van der Waals surface area contributed by atoms with Crippen LogP contribution in [0.15, 0.2) is 36.7 Å². The Hall–Kier alpha value is -2.91. The van der Waals surface area contributed by atoms with Crippen LogP contribution in [0.1, 0.15) is 5.56 Å². The maximum Gasteiger partial charge on any atom is 0.224 e. The first-order chi connectivity index (χ1) is 12.3. The van der Waals surface area contributed by atoms with Crippen molar-refractivity contribution in [2.75, 3.05) is 42.4 Å². The summed E-state index contributed by atoms with van der Waals surface area (Å²) in [6.07, 6.45) is 1.46. The Bertz CT molecular complexity index is 807. The first-order valence-electron chi connectivity index (χ1n) is 8.04. The Morgan fingerprint density at radius 3 is 2.52 bits per heavy atom. The normalized spacial score (nSPS) is 10.8. The quantitative estimate of drug-likeness (QED) is 0.378. The number of fused-ring (bicyclic) bond motifs is 1. The molecule has 3 rings (SSSR count). The number of rotatable bonds is 9. The van der Waals surface area contributed by atoms with Crippen LogP contribution in [0.2, 0.25) is 0 Å². The Balaban J connectivity index is 1.89. The molecule has 0 saturated carbocycles. The van der Waals surface area contributed by atoms with E-state index >= 15 is 0 Å². The smallest absolute Gasteiger partial charge is 0.224 e. The van der Waals surface area contributed by atoms with Crippen LogP contribution in [0.25, 0.3) is 11.2 Å². The minimum atomic E-state index is -0.0245. The maximum absolute atomic E-state index is 9.07. The summed E-state index contributed by atoms with van der Waals surface area (Å²) < 4.78 is 1.65. The average molecular weight is 343 g/mol. The van der Waals surface area contributed by atoms with Crippen molar-refractivity contribution in [3.05, 3.63) is 42.2 Å². The van der Waals surface area contributed by atoms with Crippen molar-refractivity contribution in [3.8, 4) is 0 Å². The number of aromatic nitrogens is 4. The first kappa shape index (κ1) is 16.9. The summed E-state index contributed by atoms with van der Waals surface area (Å²) in [5, 5.41) is 24.4. The minimum absolute atomic E-state index is 0.0198. The largest absolute Gasteiger partial charge is 0.395 e. The van der Waals surface area contributed by atoms with E-state index in [-0.39, 0.29) is 13.2 Å². The zero-order valence-electron chi connectivity index (χ0n) is 13.7. The van der Waals surface area contributed by atoms with Gasteiger partial charge in [-0.05, 0) is 5.56 Å². The van der Waals surface area contributed by atoms with Gasteiger partial charge in [0.1, 0.15) is 6.33 Å². The summed E-state index contributed by atoms with van der Waals surface area (Å²) in [5.41, 5.74) is 5.35. The third-order valence-electron chi connectivity index (χ3n) is 3.52. The second-order valence-corrected chi connectivity index (χ2v) is 5.29. The van der Waals surface area contributed by atoms with Gasteiger partial charge in [-0.15, -0.1) is 0 Å². The lowest BCUT2D eigenvalue weighted by atomic mass is 10.2. The van der Waals surface area contributed by atoms with Crippen LogP contribution in [0.3, 0.4) is 0 Å². The molecule has 132 valence electrons. The number of aliphatic hydroxyl groups excluding tert-OH is 2. The first-order valence-corrected chi connectivity index (χ1v) is 8.04. The number of hydrogen-bond donors (Lipinski definition) is 5. The van der Waals surface area contributed by atoms with Crippen molar-refractivity contribution < 1.29 is 10.2 Å². The lowest BCUT2D eigenvalue weighted by Gasteiger charge is -2.10. The molecule has 2 aromatic heterocycles. The fourth-order valence-electron chi connectivity index (χ4n) is 2.40. The van der Waals surface area contributed by atoms with Gasteiger partial charge in [-0.3, -0.25) is 0 Å². The van der Waals surface area contributed by atoms with Crippen molar-refractivity contribution >= 4 is 22.9 Å². The summed E-state index contributed by atoms with van der Waals surface area (Å²) in [5.74, 6) is 1.12. The molecule has 0 aliphatic heterocycles. The molecular weight excluding hydrogens is 322 g/mol. The van der Waals surface area contributed by atoms with Gasteiger partial charge in [-0.1, -0.05) is 30.3 Å². The number of nitrogens with zero attached hydrogens (tertiary/aromatic N) is 4. The van der Waals surface area contributed by atoms with Crippen molar-refractivity contribution in [1.29, 1.82) is 0 Å². The molecule has 2 heterocycles. The summed E-state index contributed by atoms with van der Waals surface area (Å²) in [4.78, 5) is 13.1. The Kier molecular flexibility index (Phi) is 5.60. The number of nitrogens with one attached hydrogen (secondary N) is 3. The average Bonchev–Trinajstić information content (AvgIpc) is 3.01. The predicted octanol–water partition coefficient (Wildman–Crippen LogP) is 0.378. The second-order valence-electron chi connectivity index (χ2n) is 5.29. The Labute approximate surface area is 144 Å². The summed E-state index contributed by atoms with van der Waals surface area (Å²) in [6, 6.07) is 10.00. The van der Waals surface area contributed by atoms with Gasteiger partial charge in [0.05, 0.1) is 19.8 Å². The highest BCUT2D eigenvalue weighted by molar-refractivity contribution is 5.85. The number of benzene rings is 1. The van der Waals surface area contributed by atoms with Gasteiger partial charge < -0.3 is 26.3 Å². The third-order valence-corrected chi connectivity index (χ3v) is 3.52. The summed E-state index contributed by atoms with van der Waals surface area (Å²) in [7, 11) is 0. The molecule has 0 unspecified atom stereocenters. The highest BCUT2D eigenvalue weighted by Crippen LogP contribution is 2.22. The van der Waals surface area contributed by atoms with E-state index in [1.165, 1.54) is 6.33 Å². The summed E-state index contributed by atoms with van der Waals surface area (Å²) >= 11 is 0. The molecule has 1 aromatic carbocycles. The standard InChI is InChI=1S/C16H21N7O2/c24-8-6-17-16-22-13-14(18-10-12-4-2-1-3-5-12)19-11-20-15(13)23(16)21-7-9-25/h1-5,11,21,24-25H,6-10H2,(H,17,22)(H,18,19,20). The number of hydrogen-bond acceptors (Lipinski definition) is 8. The molecule has 0 bridgehead atoms. The number of imidazole rings is 1. The van der Waals surface area contributed by atoms with Gasteiger partial charge in [0, 0.05) is 13.1 Å². The fraction of sp³-hybridized carbons (Fsp3) is 0.312. The van der Waals surface area contributed by atoms with Gasteiger partial charge in [0.25, 0.3) is 0 Å². The second kappa shape index (κ2) is 8.27. The number of anilines is 2. The van der Waals surface area contributed by atoms with Crippen LogP contribution in [-0.2, 0) is 6.54 Å². The molecule has 3 aromatic rings. The van der Waals surface area contributed by atoms with Crippen molar-refractivity contribution in [1.82, 2.24) is 19.6 Å². The summed E-state index contributed by atoms with van der Waals surface area (Å²) in [6.45, 7) is 1.26.